The van der Waals surface area contributed by atoms with Crippen LogP contribution in [0.25, 0.3) is 11.0 Å². The lowest BCUT2D eigenvalue weighted by molar-refractivity contribution is 0.326. The van der Waals surface area contributed by atoms with Gasteiger partial charge in [0, 0.05) is 18.2 Å². The SMILES string of the molecule is CC1(c2nc3ccncc3[nH]2)CCCNC1. The van der Waals surface area contributed by atoms with Crippen LogP contribution in [-0.2, 0) is 5.41 Å². The van der Waals surface area contributed by atoms with E-state index in [9.17, 15) is 0 Å². The molecular formula is C12H16N4. The summed E-state index contributed by atoms with van der Waals surface area (Å²) in [4.78, 5) is 12.2. The van der Waals surface area contributed by atoms with Gasteiger partial charge in [0.05, 0.1) is 17.2 Å². The highest BCUT2D eigenvalue weighted by Crippen LogP contribution is 2.29. The van der Waals surface area contributed by atoms with Gasteiger partial charge in [-0.25, -0.2) is 4.98 Å². The van der Waals surface area contributed by atoms with Gasteiger partial charge >= 0.3 is 0 Å². The van der Waals surface area contributed by atoms with Crippen molar-refractivity contribution < 1.29 is 0 Å². The lowest BCUT2D eigenvalue weighted by atomic mass is 9.82. The van der Waals surface area contributed by atoms with Gasteiger partial charge in [0.15, 0.2) is 0 Å². The molecule has 16 heavy (non-hydrogen) atoms. The molecule has 1 aliphatic heterocycles. The molecule has 0 aromatic carbocycles. The van der Waals surface area contributed by atoms with Crippen LogP contribution >= 0.6 is 0 Å². The normalized spacial score (nSPS) is 26.1. The van der Waals surface area contributed by atoms with Crippen LogP contribution in [-0.4, -0.2) is 28.0 Å². The second-order valence-electron chi connectivity index (χ2n) is 4.82. The van der Waals surface area contributed by atoms with E-state index in [1.807, 2.05) is 12.3 Å². The zero-order valence-corrected chi connectivity index (χ0v) is 9.45. The van der Waals surface area contributed by atoms with Crippen molar-refractivity contribution in [2.24, 2.45) is 0 Å². The highest BCUT2D eigenvalue weighted by Gasteiger charge is 2.31. The first kappa shape index (κ1) is 9.78. The Labute approximate surface area is 94.5 Å². The standard InChI is InChI=1S/C12H16N4/c1-12(4-2-5-14-8-12)11-15-9-3-6-13-7-10(9)16-11/h3,6-7,14H,2,4-5,8H2,1H3,(H,15,16). The van der Waals surface area contributed by atoms with E-state index < -0.39 is 0 Å². The summed E-state index contributed by atoms with van der Waals surface area (Å²) in [5.41, 5.74) is 2.18. The summed E-state index contributed by atoms with van der Waals surface area (Å²) in [5.74, 6) is 1.09. The van der Waals surface area contributed by atoms with Gasteiger partial charge in [-0.3, -0.25) is 4.98 Å². The molecule has 3 rings (SSSR count). The molecule has 0 spiro atoms. The Balaban J connectivity index is 2.04. The maximum Gasteiger partial charge on any atom is 0.114 e. The Kier molecular flexibility index (Phi) is 2.17. The number of aromatic amines is 1. The predicted octanol–water partition coefficient (Wildman–Crippen LogP) is 1.60. The third kappa shape index (κ3) is 1.50. The highest BCUT2D eigenvalue weighted by atomic mass is 15.0. The van der Waals surface area contributed by atoms with E-state index >= 15 is 0 Å². The number of imidazole rings is 1. The Morgan fingerprint density at radius 3 is 3.12 bits per heavy atom. The van der Waals surface area contributed by atoms with Crippen LogP contribution in [0.4, 0.5) is 0 Å². The number of H-pyrrole nitrogens is 1. The van der Waals surface area contributed by atoms with Gasteiger partial charge in [-0.15, -0.1) is 0 Å². The molecule has 1 fully saturated rings. The van der Waals surface area contributed by atoms with Crippen LogP contribution in [0.1, 0.15) is 25.6 Å². The molecule has 0 radical (unpaired) electrons. The molecule has 1 saturated heterocycles. The van der Waals surface area contributed by atoms with Gasteiger partial charge in [-0.2, -0.15) is 0 Å². The minimum absolute atomic E-state index is 0.136. The van der Waals surface area contributed by atoms with Crippen LogP contribution < -0.4 is 5.32 Å². The minimum Gasteiger partial charge on any atom is -0.340 e. The van der Waals surface area contributed by atoms with E-state index in [2.05, 4.69) is 27.2 Å². The zero-order chi connectivity index (χ0) is 11.0. The van der Waals surface area contributed by atoms with Crippen molar-refractivity contribution >= 4 is 11.0 Å². The summed E-state index contributed by atoms with van der Waals surface area (Å²) in [6.07, 6.45) is 6.03. The van der Waals surface area contributed by atoms with Gasteiger partial charge in [-0.1, -0.05) is 6.92 Å². The van der Waals surface area contributed by atoms with E-state index in [-0.39, 0.29) is 5.41 Å². The molecule has 2 N–H and O–H groups in total. The third-order valence-corrected chi connectivity index (χ3v) is 3.45. The monoisotopic (exact) mass is 216 g/mol. The van der Waals surface area contributed by atoms with Crippen molar-refractivity contribution in [1.82, 2.24) is 20.3 Å². The summed E-state index contributed by atoms with van der Waals surface area (Å²) in [7, 11) is 0. The molecule has 2 aromatic heterocycles. The topological polar surface area (TPSA) is 53.6 Å². The predicted molar refractivity (Wildman–Crippen MR) is 63.3 cm³/mol. The maximum absolute atomic E-state index is 4.67. The van der Waals surface area contributed by atoms with Crippen LogP contribution in [0.3, 0.4) is 0 Å². The Morgan fingerprint density at radius 2 is 2.38 bits per heavy atom. The van der Waals surface area contributed by atoms with Gasteiger partial charge < -0.3 is 10.3 Å². The highest BCUT2D eigenvalue weighted by molar-refractivity contribution is 5.73. The van der Waals surface area contributed by atoms with Gasteiger partial charge in [0.25, 0.3) is 0 Å². The first-order valence-corrected chi connectivity index (χ1v) is 5.79. The van der Waals surface area contributed by atoms with E-state index in [4.69, 9.17) is 0 Å². The fourth-order valence-electron chi connectivity index (χ4n) is 2.40. The fourth-order valence-corrected chi connectivity index (χ4v) is 2.40. The summed E-state index contributed by atoms with van der Waals surface area (Å²) in [5, 5.41) is 3.44. The van der Waals surface area contributed by atoms with Crippen LogP contribution in [0.5, 0.6) is 0 Å². The van der Waals surface area contributed by atoms with Crippen molar-refractivity contribution in [2.45, 2.75) is 25.2 Å². The summed E-state index contributed by atoms with van der Waals surface area (Å²) in [6.45, 7) is 4.39. The number of fused-ring (bicyclic) bond motifs is 1. The summed E-state index contributed by atoms with van der Waals surface area (Å²) >= 11 is 0. The molecule has 84 valence electrons. The zero-order valence-electron chi connectivity index (χ0n) is 9.45. The van der Waals surface area contributed by atoms with E-state index in [1.54, 1.807) is 6.20 Å². The largest absolute Gasteiger partial charge is 0.340 e. The third-order valence-electron chi connectivity index (χ3n) is 3.45. The Hall–Kier alpha value is -1.42. The van der Waals surface area contributed by atoms with Gasteiger partial charge in [0.1, 0.15) is 5.82 Å². The summed E-state index contributed by atoms with van der Waals surface area (Å²) in [6, 6.07) is 1.95. The van der Waals surface area contributed by atoms with E-state index in [0.717, 1.165) is 29.9 Å². The first-order valence-electron chi connectivity index (χ1n) is 5.79. The number of hydrogen-bond donors (Lipinski definition) is 2. The van der Waals surface area contributed by atoms with Crippen LogP contribution in [0, 0.1) is 0 Å². The number of aromatic nitrogens is 3. The molecule has 1 atom stereocenters. The molecule has 0 bridgehead atoms. The molecule has 4 nitrogen and oxygen atoms in total. The van der Waals surface area contributed by atoms with Gasteiger partial charge in [0.2, 0.25) is 0 Å². The molecular weight excluding hydrogens is 200 g/mol. The molecule has 0 saturated carbocycles. The second kappa shape index (κ2) is 3.56. The smallest absolute Gasteiger partial charge is 0.114 e. The Morgan fingerprint density at radius 1 is 1.44 bits per heavy atom. The number of nitrogens with zero attached hydrogens (tertiary/aromatic N) is 2. The lowest BCUT2D eigenvalue weighted by Gasteiger charge is -2.32. The first-order chi connectivity index (χ1) is 7.78. The van der Waals surface area contributed by atoms with Crippen molar-refractivity contribution in [3.05, 3.63) is 24.3 Å². The quantitative estimate of drug-likeness (QED) is 0.761. The number of nitrogens with one attached hydrogen (secondary N) is 2. The van der Waals surface area contributed by atoms with Crippen LogP contribution in [0.2, 0.25) is 0 Å². The van der Waals surface area contributed by atoms with Crippen molar-refractivity contribution in [3.8, 4) is 0 Å². The molecule has 3 heterocycles. The Bertz CT molecular complexity index is 463. The molecule has 1 unspecified atom stereocenters. The lowest BCUT2D eigenvalue weighted by Crippen LogP contribution is -2.41. The molecule has 1 aliphatic rings. The van der Waals surface area contributed by atoms with Crippen LogP contribution in [0.15, 0.2) is 18.5 Å². The number of hydrogen-bond acceptors (Lipinski definition) is 3. The van der Waals surface area contributed by atoms with Crippen molar-refractivity contribution in [1.29, 1.82) is 0 Å². The number of rotatable bonds is 1. The number of piperidine rings is 1. The van der Waals surface area contributed by atoms with Gasteiger partial charge in [-0.05, 0) is 25.5 Å². The average Bonchev–Trinajstić information content (AvgIpc) is 2.74. The summed E-state index contributed by atoms with van der Waals surface area (Å²) < 4.78 is 0. The average molecular weight is 216 g/mol. The maximum atomic E-state index is 4.67. The molecule has 0 amide bonds. The van der Waals surface area contributed by atoms with E-state index in [1.165, 1.54) is 12.8 Å². The van der Waals surface area contributed by atoms with Crippen molar-refractivity contribution in [2.75, 3.05) is 13.1 Å². The van der Waals surface area contributed by atoms with E-state index in [0.29, 0.717) is 0 Å². The van der Waals surface area contributed by atoms with Crippen molar-refractivity contribution in [3.63, 3.8) is 0 Å². The molecule has 4 heteroatoms. The molecule has 0 aliphatic carbocycles. The minimum atomic E-state index is 0.136. The molecule has 2 aromatic rings. The fraction of sp³-hybridized carbons (Fsp3) is 0.500. The second-order valence-corrected chi connectivity index (χ2v) is 4.82. The number of pyridine rings is 1.